The van der Waals surface area contributed by atoms with E-state index in [-0.39, 0.29) is 16.7 Å². The van der Waals surface area contributed by atoms with E-state index in [2.05, 4.69) is 11.6 Å². The highest BCUT2D eigenvalue weighted by Crippen LogP contribution is 2.22. The van der Waals surface area contributed by atoms with Gasteiger partial charge in [-0.05, 0) is 25.5 Å². The largest absolute Gasteiger partial charge is 0.481 e. The Morgan fingerprint density at radius 1 is 1.47 bits per heavy atom. The summed E-state index contributed by atoms with van der Waals surface area (Å²) < 4.78 is 26.9. The molecule has 1 aromatic heterocycles. The van der Waals surface area contributed by atoms with E-state index in [0.717, 1.165) is 30.6 Å². The summed E-state index contributed by atoms with van der Waals surface area (Å²) in [7, 11) is -3.53. The minimum atomic E-state index is -3.53. The van der Waals surface area contributed by atoms with E-state index in [1.807, 2.05) is 6.92 Å². The molecule has 108 valence electrons. The van der Waals surface area contributed by atoms with Gasteiger partial charge in [0, 0.05) is 10.9 Å². The number of rotatable bonds is 8. The lowest BCUT2D eigenvalue weighted by molar-refractivity contribution is -0.136. The van der Waals surface area contributed by atoms with E-state index in [1.54, 1.807) is 6.07 Å². The fourth-order valence-corrected chi connectivity index (χ4v) is 4.28. The summed E-state index contributed by atoms with van der Waals surface area (Å²) in [5.74, 6) is -0.963. The lowest BCUT2D eigenvalue weighted by atomic mass is 10.2. The molecule has 0 bridgehead atoms. The lowest BCUT2D eigenvalue weighted by Gasteiger charge is -2.12. The van der Waals surface area contributed by atoms with Crippen LogP contribution in [0, 0.1) is 0 Å². The number of nitrogens with one attached hydrogen (secondary N) is 1. The second-order valence-corrected chi connectivity index (χ2v) is 7.56. The Hall–Kier alpha value is -0.920. The first-order chi connectivity index (χ1) is 8.85. The average molecular weight is 305 g/mol. The normalized spacial score (nSPS) is 13.4. The number of carboxylic acid groups (broad SMARTS) is 1. The maximum Gasteiger partial charge on any atom is 0.308 e. The van der Waals surface area contributed by atoms with Crippen LogP contribution >= 0.6 is 11.3 Å². The van der Waals surface area contributed by atoms with Crippen LogP contribution in [0.4, 0.5) is 0 Å². The Balaban J connectivity index is 2.71. The summed E-state index contributed by atoms with van der Waals surface area (Å²) in [6.45, 7) is 3.89. The second-order valence-electron chi connectivity index (χ2n) is 4.46. The molecule has 0 saturated carbocycles. The Morgan fingerprint density at radius 3 is 2.74 bits per heavy atom. The molecule has 0 aromatic carbocycles. The smallest absolute Gasteiger partial charge is 0.308 e. The third kappa shape index (κ3) is 5.30. The van der Waals surface area contributed by atoms with Crippen LogP contribution < -0.4 is 4.72 Å². The quantitative estimate of drug-likeness (QED) is 0.771. The van der Waals surface area contributed by atoms with Crippen molar-refractivity contribution in [2.75, 3.05) is 0 Å². The van der Waals surface area contributed by atoms with Gasteiger partial charge in [-0.3, -0.25) is 4.79 Å². The summed E-state index contributed by atoms with van der Waals surface area (Å²) in [4.78, 5) is 11.1. The van der Waals surface area contributed by atoms with Crippen molar-refractivity contribution in [2.24, 2.45) is 0 Å². The Kier molecular flexibility index (Phi) is 5.96. The van der Waals surface area contributed by atoms with Crippen LogP contribution in [-0.2, 0) is 21.2 Å². The Bertz CT molecular complexity index is 522. The third-order valence-corrected chi connectivity index (χ3v) is 5.74. The van der Waals surface area contributed by atoms with Crippen LogP contribution in [0.5, 0.6) is 0 Å². The Labute approximate surface area is 117 Å². The molecule has 19 heavy (non-hydrogen) atoms. The van der Waals surface area contributed by atoms with Crippen molar-refractivity contribution >= 4 is 27.3 Å². The number of sulfonamides is 1. The van der Waals surface area contributed by atoms with Crippen molar-refractivity contribution in [3.63, 3.8) is 0 Å². The molecule has 1 rings (SSSR count). The predicted molar refractivity (Wildman–Crippen MR) is 75.0 cm³/mol. The van der Waals surface area contributed by atoms with Crippen LogP contribution in [0.25, 0.3) is 0 Å². The highest BCUT2D eigenvalue weighted by Gasteiger charge is 2.19. The van der Waals surface area contributed by atoms with Gasteiger partial charge in [-0.2, -0.15) is 0 Å². The maximum atomic E-state index is 12.1. The van der Waals surface area contributed by atoms with E-state index >= 15 is 0 Å². The van der Waals surface area contributed by atoms with Gasteiger partial charge in [0.25, 0.3) is 0 Å². The van der Waals surface area contributed by atoms with Crippen LogP contribution in [0.15, 0.2) is 16.3 Å². The molecular weight excluding hydrogens is 286 g/mol. The van der Waals surface area contributed by atoms with Crippen LogP contribution in [0.2, 0.25) is 0 Å². The highest BCUT2D eigenvalue weighted by atomic mass is 32.2. The number of unbranched alkanes of at least 4 members (excludes halogenated alkanes) is 1. The number of aliphatic carboxylic acids is 1. The first-order valence-electron chi connectivity index (χ1n) is 6.18. The van der Waals surface area contributed by atoms with Crippen LogP contribution in [0.3, 0.4) is 0 Å². The molecule has 1 heterocycles. The van der Waals surface area contributed by atoms with Gasteiger partial charge in [-0.25, -0.2) is 13.1 Å². The van der Waals surface area contributed by atoms with E-state index in [0.29, 0.717) is 4.88 Å². The summed E-state index contributed by atoms with van der Waals surface area (Å²) in [5.41, 5.74) is 0. The molecule has 7 heteroatoms. The molecule has 0 fully saturated rings. The zero-order valence-corrected chi connectivity index (χ0v) is 12.7. The molecule has 1 unspecified atom stereocenters. The fraction of sp³-hybridized carbons (Fsp3) is 0.583. The number of carbonyl (C=O) groups is 1. The molecule has 0 saturated heterocycles. The molecule has 0 aliphatic carbocycles. The van der Waals surface area contributed by atoms with Gasteiger partial charge in [0.15, 0.2) is 0 Å². The lowest BCUT2D eigenvalue weighted by Crippen LogP contribution is -2.32. The molecule has 5 nitrogen and oxygen atoms in total. The van der Waals surface area contributed by atoms with Crippen molar-refractivity contribution in [1.29, 1.82) is 0 Å². The number of carboxylic acids is 1. The molecule has 0 aliphatic heterocycles. The van der Waals surface area contributed by atoms with Gasteiger partial charge >= 0.3 is 5.97 Å². The zero-order valence-electron chi connectivity index (χ0n) is 11.0. The van der Waals surface area contributed by atoms with Crippen molar-refractivity contribution in [2.45, 2.75) is 49.8 Å². The van der Waals surface area contributed by atoms with Crippen LogP contribution in [-0.4, -0.2) is 25.5 Å². The van der Waals surface area contributed by atoms with Crippen molar-refractivity contribution in [3.8, 4) is 0 Å². The second kappa shape index (κ2) is 7.02. The summed E-state index contributed by atoms with van der Waals surface area (Å²) in [6.07, 6.45) is 2.64. The average Bonchev–Trinajstić information content (AvgIpc) is 2.74. The third-order valence-electron chi connectivity index (χ3n) is 2.57. The standard InChI is InChI=1S/C12H19NO4S2/c1-3-4-5-9(2)13-19(16,17)12-7-6-10(18-12)8-11(14)15/h6-7,9,13H,3-5,8H2,1-2H3,(H,14,15). The minimum absolute atomic E-state index is 0.116. The van der Waals surface area contributed by atoms with E-state index in [4.69, 9.17) is 5.11 Å². The molecule has 0 radical (unpaired) electrons. The van der Waals surface area contributed by atoms with E-state index < -0.39 is 16.0 Å². The topological polar surface area (TPSA) is 83.5 Å². The SMILES string of the molecule is CCCCC(C)NS(=O)(=O)c1ccc(CC(=O)O)s1. The van der Waals surface area contributed by atoms with Gasteiger partial charge in [-0.1, -0.05) is 19.8 Å². The van der Waals surface area contributed by atoms with Crippen molar-refractivity contribution in [3.05, 3.63) is 17.0 Å². The first kappa shape index (κ1) is 16.1. The predicted octanol–water partition coefficient (Wildman–Crippen LogP) is 2.23. The summed E-state index contributed by atoms with van der Waals surface area (Å²) in [6, 6.07) is 2.89. The Morgan fingerprint density at radius 2 is 2.16 bits per heavy atom. The zero-order chi connectivity index (χ0) is 14.5. The van der Waals surface area contributed by atoms with Gasteiger partial charge in [0.1, 0.15) is 4.21 Å². The number of thiophene rings is 1. The highest BCUT2D eigenvalue weighted by molar-refractivity contribution is 7.91. The fourth-order valence-electron chi connectivity index (χ4n) is 1.64. The molecule has 0 amide bonds. The molecular formula is C12H19NO4S2. The van der Waals surface area contributed by atoms with Crippen molar-refractivity contribution < 1.29 is 18.3 Å². The summed E-state index contributed by atoms with van der Waals surface area (Å²) >= 11 is 1.00. The van der Waals surface area contributed by atoms with E-state index in [9.17, 15) is 13.2 Å². The molecule has 1 atom stereocenters. The number of hydrogen-bond acceptors (Lipinski definition) is 4. The molecule has 0 spiro atoms. The van der Waals surface area contributed by atoms with Gasteiger partial charge in [0.05, 0.1) is 6.42 Å². The van der Waals surface area contributed by atoms with Gasteiger partial charge in [-0.15, -0.1) is 11.3 Å². The molecule has 2 N–H and O–H groups in total. The first-order valence-corrected chi connectivity index (χ1v) is 8.48. The number of hydrogen-bond donors (Lipinski definition) is 2. The monoisotopic (exact) mass is 305 g/mol. The minimum Gasteiger partial charge on any atom is -0.481 e. The van der Waals surface area contributed by atoms with Gasteiger partial charge in [0.2, 0.25) is 10.0 Å². The van der Waals surface area contributed by atoms with Crippen molar-refractivity contribution in [1.82, 2.24) is 4.72 Å². The molecule has 0 aliphatic rings. The maximum absolute atomic E-state index is 12.1. The summed E-state index contributed by atoms with van der Waals surface area (Å²) in [5, 5.41) is 8.66. The molecule has 1 aromatic rings. The van der Waals surface area contributed by atoms with E-state index in [1.165, 1.54) is 6.07 Å². The van der Waals surface area contributed by atoms with Crippen LogP contribution in [0.1, 0.15) is 38.0 Å². The van der Waals surface area contributed by atoms with Gasteiger partial charge < -0.3 is 5.11 Å².